The first kappa shape index (κ1) is 11.9. The van der Waals surface area contributed by atoms with Crippen molar-refractivity contribution in [3.8, 4) is 11.6 Å². The predicted molar refractivity (Wildman–Crippen MR) is 71.8 cm³/mol. The van der Waals surface area contributed by atoms with Gasteiger partial charge in [0.25, 0.3) is 5.78 Å². The van der Waals surface area contributed by atoms with E-state index in [-0.39, 0.29) is 0 Å². The van der Waals surface area contributed by atoms with Crippen LogP contribution in [0.2, 0.25) is 5.15 Å². The standard InChI is InChI=1S/C13H11ClN4O/c1-8-3-9(2)5-10(4-8)19-12-6-11(14)17-13-15-7-16-18(12)13/h3-7H,1-2H3. The summed E-state index contributed by atoms with van der Waals surface area (Å²) in [7, 11) is 0. The van der Waals surface area contributed by atoms with E-state index in [2.05, 4.69) is 21.1 Å². The normalized spacial score (nSPS) is 10.9. The van der Waals surface area contributed by atoms with E-state index in [1.54, 1.807) is 6.07 Å². The summed E-state index contributed by atoms with van der Waals surface area (Å²) in [5.41, 5.74) is 2.26. The maximum atomic E-state index is 5.94. The highest BCUT2D eigenvalue weighted by Crippen LogP contribution is 2.25. The molecule has 0 unspecified atom stereocenters. The molecule has 0 saturated carbocycles. The summed E-state index contributed by atoms with van der Waals surface area (Å²) in [4.78, 5) is 8.04. The van der Waals surface area contributed by atoms with Gasteiger partial charge in [-0.2, -0.15) is 19.6 Å². The molecule has 0 saturated heterocycles. The third kappa shape index (κ3) is 2.37. The van der Waals surface area contributed by atoms with Gasteiger partial charge >= 0.3 is 0 Å². The Kier molecular flexibility index (Phi) is 2.83. The van der Waals surface area contributed by atoms with Gasteiger partial charge in [0.1, 0.15) is 17.2 Å². The fraction of sp³-hybridized carbons (Fsp3) is 0.154. The molecule has 0 fully saturated rings. The molecule has 1 aromatic carbocycles. The average molecular weight is 275 g/mol. The SMILES string of the molecule is Cc1cc(C)cc(Oc2cc(Cl)nc3ncnn23)c1. The second kappa shape index (κ2) is 4.51. The predicted octanol–water partition coefficient (Wildman–Crippen LogP) is 3.19. The molecular weight excluding hydrogens is 264 g/mol. The van der Waals surface area contributed by atoms with Gasteiger partial charge in [-0.15, -0.1) is 0 Å². The summed E-state index contributed by atoms with van der Waals surface area (Å²) in [5, 5.41) is 4.38. The molecule has 0 aliphatic carbocycles. The monoisotopic (exact) mass is 274 g/mol. The minimum absolute atomic E-state index is 0.319. The molecule has 2 heterocycles. The third-order valence-electron chi connectivity index (χ3n) is 2.61. The van der Waals surface area contributed by atoms with E-state index >= 15 is 0 Å². The zero-order valence-electron chi connectivity index (χ0n) is 10.5. The van der Waals surface area contributed by atoms with Crippen LogP contribution in [0.25, 0.3) is 5.78 Å². The average Bonchev–Trinajstić information content (AvgIpc) is 2.75. The Morgan fingerprint density at radius 3 is 2.58 bits per heavy atom. The van der Waals surface area contributed by atoms with Crippen molar-refractivity contribution in [1.82, 2.24) is 19.6 Å². The molecule has 0 aliphatic heterocycles. The van der Waals surface area contributed by atoms with Gasteiger partial charge in [0, 0.05) is 6.07 Å². The third-order valence-corrected chi connectivity index (χ3v) is 2.80. The number of ether oxygens (including phenoxy) is 1. The van der Waals surface area contributed by atoms with Crippen LogP contribution < -0.4 is 4.74 Å². The molecule has 0 radical (unpaired) electrons. The fourth-order valence-electron chi connectivity index (χ4n) is 1.94. The second-order valence-electron chi connectivity index (χ2n) is 4.31. The smallest absolute Gasteiger partial charge is 0.256 e. The van der Waals surface area contributed by atoms with Crippen LogP contribution in [-0.2, 0) is 0 Å². The molecule has 0 aliphatic rings. The van der Waals surface area contributed by atoms with Crippen LogP contribution >= 0.6 is 11.6 Å². The second-order valence-corrected chi connectivity index (χ2v) is 4.70. The van der Waals surface area contributed by atoms with Crippen molar-refractivity contribution in [3.63, 3.8) is 0 Å². The lowest BCUT2D eigenvalue weighted by atomic mass is 10.1. The first-order valence-corrected chi connectivity index (χ1v) is 6.12. The fourth-order valence-corrected chi connectivity index (χ4v) is 2.11. The molecule has 0 bridgehead atoms. The van der Waals surface area contributed by atoms with Crippen LogP contribution in [0.5, 0.6) is 11.6 Å². The molecule has 3 aromatic rings. The number of fused-ring (bicyclic) bond motifs is 1. The highest BCUT2D eigenvalue weighted by atomic mass is 35.5. The van der Waals surface area contributed by atoms with Crippen LogP contribution in [-0.4, -0.2) is 19.6 Å². The van der Waals surface area contributed by atoms with E-state index in [4.69, 9.17) is 16.3 Å². The van der Waals surface area contributed by atoms with Gasteiger partial charge in [-0.1, -0.05) is 17.7 Å². The Labute approximate surface area is 114 Å². The van der Waals surface area contributed by atoms with Crippen molar-refractivity contribution in [2.75, 3.05) is 0 Å². The Hall–Kier alpha value is -2.14. The first-order chi connectivity index (χ1) is 9.11. The summed E-state index contributed by atoms with van der Waals surface area (Å²) in [6.07, 6.45) is 1.41. The number of benzene rings is 1. The molecule has 6 heteroatoms. The van der Waals surface area contributed by atoms with Crippen molar-refractivity contribution in [2.45, 2.75) is 13.8 Å². The molecule has 5 nitrogen and oxygen atoms in total. The number of rotatable bonds is 2. The van der Waals surface area contributed by atoms with Crippen molar-refractivity contribution in [3.05, 3.63) is 46.9 Å². The lowest BCUT2D eigenvalue weighted by Crippen LogP contribution is -1.98. The van der Waals surface area contributed by atoms with E-state index in [1.807, 2.05) is 26.0 Å². The molecule has 0 N–H and O–H groups in total. The summed E-state index contributed by atoms with van der Waals surface area (Å²) in [6.45, 7) is 4.04. The zero-order chi connectivity index (χ0) is 13.4. The minimum Gasteiger partial charge on any atom is -0.439 e. The van der Waals surface area contributed by atoms with Crippen molar-refractivity contribution < 1.29 is 4.74 Å². The Morgan fingerprint density at radius 2 is 1.84 bits per heavy atom. The van der Waals surface area contributed by atoms with E-state index in [0.717, 1.165) is 16.9 Å². The zero-order valence-corrected chi connectivity index (χ0v) is 11.2. The highest BCUT2D eigenvalue weighted by molar-refractivity contribution is 6.29. The van der Waals surface area contributed by atoms with E-state index in [0.29, 0.717) is 16.8 Å². The molecular formula is C13H11ClN4O. The maximum Gasteiger partial charge on any atom is 0.256 e. The lowest BCUT2D eigenvalue weighted by molar-refractivity contribution is 0.445. The van der Waals surface area contributed by atoms with Gasteiger partial charge in [-0.25, -0.2) is 0 Å². The van der Waals surface area contributed by atoms with Gasteiger partial charge in [-0.3, -0.25) is 0 Å². The number of aryl methyl sites for hydroxylation is 2. The van der Waals surface area contributed by atoms with Crippen molar-refractivity contribution >= 4 is 17.4 Å². The minimum atomic E-state index is 0.319. The molecule has 0 atom stereocenters. The van der Waals surface area contributed by atoms with Gasteiger partial charge in [0.05, 0.1) is 0 Å². The molecule has 19 heavy (non-hydrogen) atoms. The summed E-state index contributed by atoms with van der Waals surface area (Å²) in [5.74, 6) is 1.63. The Bertz CT molecular complexity index is 733. The number of aromatic nitrogens is 4. The van der Waals surface area contributed by atoms with Gasteiger partial charge < -0.3 is 4.74 Å². The summed E-state index contributed by atoms with van der Waals surface area (Å²) < 4.78 is 7.33. The number of halogens is 1. The van der Waals surface area contributed by atoms with Crippen LogP contribution in [0.4, 0.5) is 0 Å². The van der Waals surface area contributed by atoms with Gasteiger partial charge in [-0.05, 0) is 37.1 Å². The Balaban J connectivity index is 2.07. The van der Waals surface area contributed by atoms with Gasteiger partial charge in [0.2, 0.25) is 5.88 Å². The number of nitrogens with zero attached hydrogens (tertiary/aromatic N) is 4. The Morgan fingerprint density at radius 1 is 1.11 bits per heavy atom. The van der Waals surface area contributed by atoms with Crippen molar-refractivity contribution in [1.29, 1.82) is 0 Å². The van der Waals surface area contributed by atoms with Crippen LogP contribution in [0, 0.1) is 13.8 Å². The highest BCUT2D eigenvalue weighted by Gasteiger charge is 2.09. The summed E-state index contributed by atoms with van der Waals surface area (Å²) in [6, 6.07) is 7.59. The van der Waals surface area contributed by atoms with Crippen molar-refractivity contribution in [2.24, 2.45) is 0 Å². The molecule has 0 spiro atoms. The molecule has 96 valence electrons. The molecule has 3 rings (SSSR count). The topological polar surface area (TPSA) is 52.3 Å². The molecule has 0 amide bonds. The van der Waals surface area contributed by atoms with E-state index < -0.39 is 0 Å². The number of hydrogen-bond donors (Lipinski definition) is 0. The van der Waals surface area contributed by atoms with E-state index in [1.165, 1.54) is 10.8 Å². The number of hydrogen-bond acceptors (Lipinski definition) is 4. The quantitative estimate of drug-likeness (QED) is 0.674. The largest absolute Gasteiger partial charge is 0.439 e. The van der Waals surface area contributed by atoms with Crippen LogP contribution in [0.3, 0.4) is 0 Å². The van der Waals surface area contributed by atoms with Crippen LogP contribution in [0.1, 0.15) is 11.1 Å². The maximum absolute atomic E-state index is 5.94. The van der Waals surface area contributed by atoms with E-state index in [9.17, 15) is 0 Å². The molecule has 2 aromatic heterocycles. The van der Waals surface area contributed by atoms with Crippen LogP contribution in [0.15, 0.2) is 30.6 Å². The first-order valence-electron chi connectivity index (χ1n) is 5.74. The summed E-state index contributed by atoms with van der Waals surface area (Å²) >= 11 is 5.94. The lowest BCUT2D eigenvalue weighted by Gasteiger charge is -2.08. The van der Waals surface area contributed by atoms with Gasteiger partial charge in [0.15, 0.2) is 0 Å².